The average Bonchev–Trinajstić information content (AvgIpc) is 3.05. The van der Waals surface area contributed by atoms with Gasteiger partial charge in [-0.05, 0) is 42.1 Å². The van der Waals surface area contributed by atoms with Crippen molar-refractivity contribution in [1.82, 2.24) is 0 Å². The lowest BCUT2D eigenvalue weighted by molar-refractivity contribution is 0.201. The molecule has 0 saturated heterocycles. The average molecular weight is 216 g/mol. The largest absolute Gasteiger partial charge is 0.396 e. The van der Waals surface area contributed by atoms with Gasteiger partial charge in [-0.1, -0.05) is 43.2 Å². The standard InChI is InChI=1S/C15H20O/c16-11-13-10-15(13)9-5-4-8-14(15)12-6-2-1-3-7-12/h1-3,6-7,13-14,16H,4-5,8-11H2. The monoisotopic (exact) mass is 216 g/mol. The molecule has 0 aliphatic heterocycles. The number of hydrogen-bond donors (Lipinski definition) is 1. The number of rotatable bonds is 2. The fourth-order valence-electron chi connectivity index (χ4n) is 3.83. The Hall–Kier alpha value is -0.820. The molecule has 3 unspecified atom stereocenters. The highest BCUT2D eigenvalue weighted by Crippen LogP contribution is 2.66. The molecule has 3 rings (SSSR count). The molecule has 1 aromatic rings. The molecule has 0 radical (unpaired) electrons. The van der Waals surface area contributed by atoms with Crippen LogP contribution in [0.5, 0.6) is 0 Å². The van der Waals surface area contributed by atoms with Crippen molar-refractivity contribution in [3.8, 4) is 0 Å². The lowest BCUT2D eigenvalue weighted by Gasteiger charge is -2.33. The van der Waals surface area contributed by atoms with E-state index in [9.17, 15) is 5.11 Å². The van der Waals surface area contributed by atoms with Crippen LogP contribution in [0.4, 0.5) is 0 Å². The second-order valence-electron chi connectivity index (χ2n) is 5.53. The van der Waals surface area contributed by atoms with Crippen LogP contribution < -0.4 is 0 Å². The Balaban J connectivity index is 1.88. The number of aliphatic hydroxyl groups is 1. The molecule has 1 aromatic carbocycles. The summed E-state index contributed by atoms with van der Waals surface area (Å²) in [5.41, 5.74) is 1.96. The van der Waals surface area contributed by atoms with Gasteiger partial charge in [0.2, 0.25) is 0 Å². The highest BCUT2D eigenvalue weighted by atomic mass is 16.3. The summed E-state index contributed by atoms with van der Waals surface area (Å²) in [5.74, 6) is 1.29. The van der Waals surface area contributed by atoms with Crippen LogP contribution in [0.3, 0.4) is 0 Å². The zero-order valence-electron chi connectivity index (χ0n) is 9.73. The Kier molecular flexibility index (Phi) is 2.51. The maximum atomic E-state index is 9.39. The summed E-state index contributed by atoms with van der Waals surface area (Å²) in [6.07, 6.45) is 6.63. The minimum Gasteiger partial charge on any atom is -0.396 e. The van der Waals surface area contributed by atoms with E-state index in [0.29, 0.717) is 23.9 Å². The van der Waals surface area contributed by atoms with Crippen molar-refractivity contribution in [2.45, 2.75) is 38.0 Å². The van der Waals surface area contributed by atoms with Gasteiger partial charge in [-0.3, -0.25) is 0 Å². The SMILES string of the molecule is OCC1CC12CCCCC2c1ccccc1. The van der Waals surface area contributed by atoms with E-state index in [1.807, 2.05) is 0 Å². The molecule has 0 bridgehead atoms. The Bertz CT molecular complexity index is 359. The molecule has 1 nitrogen and oxygen atoms in total. The van der Waals surface area contributed by atoms with Gasteiger partial charge < -0.3 is 5.11 Å². The summed E-state index contributed by atoms with van der Waals surface area (Å²) in [7, 11) is 0. The molecule has 0 heterocycles. The molecule has 2 saturated carbocycles. The van der Waals surface area contributed by atoms with Gasteiger partial charge in [0.1, 0.15) is 0 Å². The van der Waals surface area contributed by atoms with Crippen molar-refractivity contribution in [1.29, 1.82) is 0 Å². The lowest BCUT2D eigenvalue weighted by Crippen LogP contribution is -2.22. The molecule has 2 aliphatic rings. The molecular weight excluding hydrogens is 196 g/mol. The first-order chi connectivity index (χ1) is 7.87. The Morgan fingerprint density at radius 2 is 2.00 bits per heavy atom. The fourth-order valence-corrected chi connectivity index (χ4v) is 3.83. The van der Waals surface area contributed by atoms with E-state index < -0.39 is 0 Å². The first-order valence-corrected chi connectivity index (χ1v) is 6.52. The molecular formula is C15H20O. The zero-order chi connectivity index (χ0) is 11.0. The molecule has 0 amide bonds. The number of hydrogen-bond acceptors (Lipinski definition) is 1. The number of aliphatic hydroxyl groups excluding tert-OH is 1. The van der Waals surface area contributed by atoms with Crippen LogP contribution in [0, 0.1) is 11.3 Å². The third-order valence-electron chi connectivity index (χ3n) is 4.78. The van der Waals surface area contributed by atoms with Crippen LogP contribution in [0.2, 0.25) is 0 Å². The van der Waals surface area contributed by atoms with E-state index in [2.05, 4.69) is 30.3 Å². The molecule has 0 aromatic heterocycles. The van der Waals surface area contributed by atoms with Crippen LogP contribution in [-0.2, 0) is 0 Å². The van der Waals surface area contributed by atoms with E-state index >= 15 is 0 Å². The van der Waals surface area contributed by atoms with Crippen molar-refractivity contribution in [2.75, 3.05) is 6.61 Å². The molecule has 2 fully saturated rings. The summed E-state index contributed by atoms with van der Waals surface area (Å²) in [4.78, 5) is 0. The second-order valence-corrected chi connectivity index (χ2v) is 5.53. The van der Waals surface area contributed by atoms with Crippen LogP contribution in [0.15, 0.2) is 30.3 Å². The van der Waals surface area contributed by atoms with Gasteiger partial charge in [-0.15, -0.1) is 0 Å². The Morgan fingerprint density at radius 3 is 2.69 bits per heavy atom. The Labute approximate surface area is 97.5 Å². The van der Waals surface area contributed by atoms with Crippen LogP contribution in [0.25, 0.3) is 0 Å². The van der Waals surface area contributed by atoms with Gasteiger partial charge in [0.15, 0.2) is 0 Å². The van der Waals surface area contributed by atoms with Crippen molar-refractivity contribution in [3.05, 3.63) is 35.9 Å². The summed E-state index contributed by atoms with van der Waals surface area (Å²) >= 11 is 0. The molecule has 2 aliphatic carbocycles. The highest BCUT2D eigenvalue weighted by Gasteiger charge is 2.58. The van der Waals surface area contributed by atoms with Gasteiger partial charge in [-0.2, -0.15) is 0 Å². The maximum Gasteiger partial charge on any atom is 0.0465 e. The van der Waals surface area contributed by atoms with Gasteiger partial charge in [0.05, 0.1) is 0 Å². The van der Waals surface area contributed by atoms with E-state index in [1.54, 1.807) is 0 Å². The zero-order valence-corrected chi connectivity index (χ0v) is 9.73. The molecule has 1 spiro atoms. The highest BCUT2D eigenvalue weighted by molar-refractivity contribution is 5.27. The molecule has 3 atom stereocenters. The molecule has 16 heavy (non-hydrogen) atoms. The maximum absolute atomic E-state index is 9.39. The minimum absolute atomic E-state index is 0.392. The van der Waals surface area contributed by atoms with E-state index in [0.717, 1.165) is 0 Å². The van der Waals surface area contributed by atoms with Crippen molar-refractivity contribution >= 4 is 0 Å². The predicted octanol–water partition coefficient (Wildman–Crippen LogP) is 3.34. The van der Waals surface area contributed by atoms with Gasteiger partial charge in [-0.25, -0.2) is 0 Å². The normalized spacial score (nSPS) is 37.6. The smallest absolute Gasteiger partial charge is 0.0465 e. The summed E-state index contributed by atoms with van der Waals surface area (Å²) < 4.78 is 0. The van der Waals surface area contributed by atoms with Crippen LogP contribution in [-0.4, -0.2) is 11.7 Å². The third kappa shape index (κ3) is 1.49. The first-order valence-electron chi connectivity index (χ1n) is 6.52. The minimum atomic E-state index is 0.392. The van der Waals surface area contributed by atoms with Gasteiger partial charge in [0.25, 0.3) is 0 Å². The summed E-state index contributed by atoms with van der Waals surface area (Å²) in [6.45, 7) is 0.392. The van der Waals surface area contributed by atoms with Gasteiger partial charge >= 0.3 is 0 Å². The van der Waals surface area contributed by atoms with Crippen molar-refractivity contribution in [3.63, 3.8) is 0 Å². The second kappa shape index (κ2) is 3.89. The quantitative estimate of drug-likeness (QED) is 0.804. The van der Waals surface area contributed by atoms with Crippen molar-refractivity contribution in [2.24, 2.45) is 11.3 Å². The number of benzene rings is 1. The van der Waals surface area contributed by atoms with Crippen LogP contribution in [0.1, 0.15) is 43.6 Å². The third-order valence-corrected chi connectivity index (χ3v) is 4.78. The molecule has 86 valence electrons. The molecule has 1 N–H and O–H groups in total. The summed E-state index contributed by atoms with van der Waals surface area (Å²) in [5, 5.41) is 9.39. The van der Waals surface area contributed by atoms with Gasteiger partial charge in [0, 0.05) is 6.61 Å². The van der Waals surface area contributed by atoms with Crippen LogP contribution >= 0.6 is 0 Å². The topological polar surface area (TPSA) is 20.2 Å². The lowest BCUT2D eigenvalue weighted by atomic mass is 9.71. The van der Waals surface area contributed by atoms with E-state index in [4.69, 9.17) is 0 Å². The first kappa shape index (κ1) is 10.3. The van der Waals surface area contributed by atoms with E-state index in [-0.39, 0.29) is 0 Å². The van der Waals surface area contributed by atoms with Crippen molar-refractivity contribution < 1.29 is 5.11 Å². The molecule has 1 heteroatoms. The Morgan fingerprint density at radius 1 is 1.19 bits per heavy atom. The predicted molar refractivity (Wildman–Crippen MR) is 65.3 cm³/mol. The van der Waals surface area contributed by atoms with E-state index in [1.165, 1.54) is 37.7 Å². The fraction of sp³-hybridized carbons (Fsp3) is 0.600. The summed E-state index contributed by atoms with van der Waals surface area (Å²) in [6, 6.07) is 10.9.